The summed E-state index contributed by atoms with van der Waals surface area (Å²) in [5.41, 5.74) is 1.09. The van der Waals surface area contributed by atoms with Gasteiger partial charge in [0.15, 0.2) is 6.61 Å². The lowest BCUT2D eigenvalue weighted by Gasteiger charge is -2.23. The van der Waals surface area contributed by atoms with E-state index in [0.717, 1.165) is 15.2 Å². The minimum Gasteiger partial charge on any atom is -0.452 e. The Morgan fingerprint density at radius 1 is 1.19 bits per heavy atom. The van der Waals surface area contributed by atoms with Gasteiger partial charge in [-0.3, -0.25) is 4.79 Å². The number of fused-ring (bicyclic) bond motifs is 1. The van der Waals surface area contributed by atoms with Gasteiger partial charge in [-0.15, -0.1) is 11.3 Å². The molecule has 134 valence electrons. The summed E-state index contributed by atoms with van der Waals surface area (Å²) in [7, 11) is 1.64. The molecule has 0 unspecified atom stereocenters. The van der Waals surface area contributed by atoms with E-state index in [1.54, 1.807) is 7.05 Å². The van der Waals surface area contributed by atoms with Crippen LogP contribution in [0.1, 0.15) is 28.3 Å². The molecular formula is C19H17FN2O3S. The quantitative estimate of drug-likeness (QED) is 0.639. The number of aromatic nitrogens is 1. The minimum atomic E-state index is -0.667. The first-order valence-corrected chi connectivity index (χ1v) is 8.81. The Labute approximate surface area is 154 Å². The summed E-state index contributed by atoms with van der Waals surface area (Å²) in [5.74, 6) is -1.45. The van der Waals surface area contributed by atoms with E-state index < -0.39 is 11.8 Å². The molecule has 0 saturated carbocycles. The van der Waals surface area contributed by atoms with Crippen LogP contribution < -0.4 is 0 Å². The number of hydrogen-bond acceptors (Lipinski definition) is 5. The van der Waals surface area contributed by atoms with Crippen molar-refractivity contribution < 1.29 is 18.7 Å². The van der Waals surface area contributed by atoms with Gasteiger partial charge in [-0.05, 0) is 43.3 Å². The molecule has 5 nitrogen and oxygen atoms in total. The topological polar surface area (TPSA) is 59.5 Å². The predicted octanol–water partition coefficient (Wildman–Crippen LogP) is 3.81. The summed E-state index contributed by atoms with van der Waals surface area (Å²) in [6.07, 6.45) is 0. The second-order valence-electron chi connectivity index (χ2n) is 5.78. The zero-order valence-electron chi connectivity index (χ0n) is 14.3. The van der Waals surface area contributed by atoms with Gasteiger partial charge < -0.3 is 9.64 Å². The Bertz CT molecular complexity index is 906. The van der Waals surface area contributed by atoms with Gasteiger partial charge in [-0.1, -0.05) is 12.1 Å². The van der Waals surface area contributed by atoms with Crippen LogP contribution in [0.15, 0.2) is 48.5 Å². The van der Waals surface area contributed by atoms with Gasteiger partial charge in [0.05, 0.1) is 21.8 Å². The Morgan fingerprint density at radius 3 is 2.58 bits per heavy atom. The van der Waals surface area contributed by atoms with Gasteiger partial charge in [0.1, 0.15) is 10.8 Å². The number of esters is 1. The summed E-state index contributed by atoms with van der Waals surface area (Å²) in [4.78, 5) is 30.3. The third-order valence-electron chi connectivity index (χ3n) is 4.05. The van der Waals surface area contributed by atoms with Crippen LogP contribution in [0.5, 0.6) is 0 Å². The summed E-state index contributed by atoms with van der Waals surface area (Å²) < 4.78 is 19.0. The molecule has 1 amide bonds. The smallest absolute Gasteiger partial charge is 0.338 e. The van der Waals surface area contributed by atoms with Crippen LogP contribution >= 0.6 is 11.3 Å². The average Bonchev–Trinajstić information content (AvgIpc) is 3.09. The number of hydrogen-bond donors (Lipinski definition) is 0. The Hall–Kier alpha value is -2.80. The SMILES string of the molecule is C[C@H](c1nc2ccccc2s1)N(C)C(=O)COC(=O)c1ccc(F)cc1. The van der Waals surface area contributed by atoms with Crippen molar-refractivity contribution in [2.75, 3.05) is 13.7 Å². The average molecular weight is 372 g/mol. The van der Waals surface area contributed by atoms with Crippen molar-refractivity contribution in [3.63, 3.8) is 0 Å². The second-order valence-corrected chi connectivity index (χ2v) is 6.85. The fourth-order valence-electron chi connectivity index (χ4n) is 2.35. The van der Waals surface area contributed by atoms with Gasteiger partial charge in [-0.2, -0.15) is 0 Å². The molecule has 2 aromatic carbocycles. The van der Waals surface area contributed by atoms with Crippen molar-refractivity contribution >= 4 is 33.4 Å². The van der Waals surface area contributed by atoms with E-state index in [-0.39, 0.29) is 24.1 Å². The number of nitrogens with zero attached hydrogens (tertiary/aromatic N) is 2. The first-order chi connectivity index (χ1) is 12.5. The Morgan fingerprint density at radius 2 is 1.88 bits per heavy atom. The lowest BCUT2D eigenvalue weighted by molar-refractivity contribution is -0.135. The number of thiazole rings is 1. The standard InChI is InChI=1S/C19H17FN2O3S/c1-12(18-21-15-5-3-4-6-16(15)26-18)22(2)17(23)11-25-19(24)13-7-9-14(20)10-8-13/h3-10,12H,11H2,1-2H3/t12-/m1/s1. The maximum Gasteiger partial charge on any atom is 0.338 e. The highest BCUT2D eigenvalue weighted by atomic mass is 32.1. The number of rotatable bonds is 5. The van der Waals surface area contributed by atoms with E-state index in [9.17, 15) is 14.0 Å². The molecule has 3 aromatic rings. The molecule has 0 bridgehead atoms. The fourth-order valence-corrected chi connectivity index (χ4v) is 3.41. The van der Waals surface area contributed by atoms with E-state index in [1.165, 1.54) is 40.5 Å². The number of halogens is 1. The maximum atomic E-state index is 12.9. The number of benzene rings is 2. The number of carbonyl (C=O) groups excluding carboxylic acids is 2. The van der Waals surface area contributed by atoms with E-state index in [0.29, 0.717) is 0 Å². The summed E-state index contributed by atoms with van der Waals surface area (Å²) in [5, 5.41) is 0.812. The van der Waals surface area contributed by atoms with Crippen LogP contribution in [0.3, 0.4) is 0 Å². The van der Waals surface area contributed by atoms with E-state index in [4.69, 9.17) is 4.74 Å². The van der Waals surface area contributed by atoms with Crippen molar-refractivity contribution in [1.29, 1.82) is 0 Å². The van der Waals surface area contributed by atoms with Gasteiger partial charge >= 0.3 is 5.97 Å². The summed E-state index contributed by atoms with van der Waals surface area (Å²) >= 11 is 1.53. The molecule has 1 aromatic heterocycles. The van der Waals surface area contributed by atoms with E-state index >= 15 is 0 Å². The molecule has 0 radical (unpaired) electrons. The van der Waals surface area contributed by atoms with Crippen LogP contribution in [-0.2, 0) is 9.53 Å². The molecule has 7 heteroatoms. The lowest BCUT2D eigenvalue weighted by Crippen LogP contribution is -2.33. The lowest BCUT2D eigenvalue weighted by atomic mass is 10.2. The van der Waals surface area contributed by atoms with Crippen molar-refractivity contribution in [3.8, 4) is 0 Å². The number of carbonyl (C=O) groups is 2. The first-order valence-electron chi connectivity index (χ1n) is 7.99. The molecule has 1 heterocycles. The van der Waals surface area contributed by atoms with Gasteiger partial charge in [0.2, 0.25) is 0 Å². The highest BCUT2D eigenvalue weighted by Crippen LogP contribution is 2.28. The predicted molar refractivity (Wildman–Crippen MR) is 97.5 cm³/mol. The molecule has 0 aliphatic rings. The van der Waals surface area contributed by atoms with Crippen LogP contribution in [0, 0.1) is 5.82 Å². The van der Waals surface area contributed by atoms with Crippen LogP contribution in [0.2, 0.25) is 0 Å². The first kappa shape index (κ1) is 18.0. The third-order valence-corrected chi connectivity index (χ3v) is 5.26. The molecule has 0 saturated heterocycles. The van der Waals surface area contributed by atoms with Crippen molar-refractivity contribution in [3.05, 3.63) is 64.9 Å². The number of amides is 1. The molecule has 0 aliphatic carbocycles. The molecule has 3 rings (SSSR count). The molecule has 0 N–H and O–H groups in total. The Balaban J connectivity index is 1.61. The maximum absolute atomic E-state index is 12.9. The van der Waals surface area contributed by atoms with Crippen molar-refractivity contribution in [1.82, 2.24) is 9.88 Å². The zero-order chi connectivity index (χ0) is 18.7. The number of para-hydroxylation sites is 1. The second kappa shape index (κ2) is 7.61. The minimum absolute atomic E-state index is 0.195. The van der Waals surface area contributed by atoms with Gasteiger partial charge in [0.25, 0.3) is 5.91 Å². The Kier molecular flexibility index (Phi) is 5.27. The number of ether oxygens (including phenoxy) is 1. The van der Waals surface area contributed by atoms with Gasteiger partial charge in [0, 0.05) is 7.05 Å². The molecular weight excluding hydrogens is 355 g/mol. The van der Waals surface area contributed by atoms with Crippen LogP contribution in [0.25, 0.3) is 10.2 Å². The van der Waals surface area contributed by atoms with Crippen LogP contribution in [0.4, 0.5) is 4.39 Å². The summed E-state index contributed by atoms with van der Waals surface area (Å²) in [6, 6.07) is 12.5. The molecule has 0 aliphatic heterocycles. The highest BCUT2D eigenvalue weighted by Gasteiger charge is 2.22. The monoisotopic (exact) mass is 372 g/mol. The molecule has 26 heavy (non-hydrogen) atoms. The largest absolute Gasteiger partial charge is 0.452 e. The van der Waals surface area contributed by atoms with E-state index in [1.807, 2.05) is 31.2 Å². The van der Waals surface area contributed by atoms with E-state index in [2.05, 4.69) is 4.98 Å². The van der Waals surface area contributed by atoms with Crippen LogP contribution in [-0.4, -0.2) is 35.4 Å². The zero-order valence-corrected chi connectivity index (χ0v) is 15.1. The molecule has 0 fully saturated rings. The molecule has 0 spiro atoms. The number of likely N-dealkylation sites (N-methyl/N-ethyl adjacent to an activating group) is 1. The van der Waals surface area contributed by atoms with Crippen molar-refractivity contribution in [2.45, 2.75) is 13.0 Å². The van der Waals surface area contributed by atoms with Gasteiger partial charge in [-0.25, -0.2) is 14.2 Å². The molecule has 1 atom stereocenters. The summed E-state index contributed by atoms with van der Waals surface area (Å²) in [6.45, 7) is 1.49. The highest BCUT2D eigenvalue weighted by molar-refractivity contribution is 7.18. The van der Waals surface area contributed by atoms with Crippen molar-refractivity contribution in [2.24, 2.45) is 0 Å². The third kappa shape index (κ3) is 3.88. The normalized spacial score (nSPS) is 12.0. The fraction of sp³-hybridized carbons (Fsp3) is 0.211.